The smallest absolute Gasteiger partial charge is 0.359 e. The number of benzene rings is 1. The Labute approximate surface area is 157 Å². The number of nitrogens with zero attached hydrogens (tertiary/aromatic N) is 2. The molecule has 2 aromatic rings. The fourth-order valence-electron chi connectivity index (χ4n) is 3.66. The number of aromatic nitrogens is 2. The summed E-state index contributed by atoms with van der Waals surface area (Å²) in [6.45, 7) is 4.07. The van der Waals surface area contributed by atoms with Crippen molar-refractivity contribution in [2.75, 3.05) is 26.8 Å². The molecular formula is C19H23N3O3S. The summed E-state index contributed by atoms with van der Waals surface area (Å²) in [5.74, 6) is 1.20. The summed E-state index contributed by atoms with van der Waals surface area (Å²) in [5.41, 5.74) is 3.55. The lowest BCUT2D eigenvalue weighted by Gasteiger charge is -2.27. The standard InChI is InChI=1S/C19H23N3O3S/c1-3-25-19(23)17-15-11-26-16-7-6-13(24-2)9-14(16)18(15)22(21-17)12-5-4-8-20-10-12/h6-7,9,12,20H,3-5,8,10-11H2,1-2H3. The van der Waals surface area contributed by atoms with Gasteiger partial charge in [0.25, 0.3) is 0 Å². The quantitative estimate of drug-likeness (QED) is 0.830. The highest BCUT2D eigenvalue weighted by Gasteiger charge is 2.32. The molecular weight excluding hydrogens is 350 g/mol. The first kappa shape index (κ1) is 17.4. The normalized spacial score (nSPS) is 18.8. The van der Waals surface area contributed by atoms with Crippen molar-refractivity contribution in [3.8, 4) is 17.0 Å². The molecule has 1 unspecified atom stereocenters. The van der Waals surface area contributed by atoms with E-state index in [1.807, 2.05) is 23.7 Å². The van der Waals surface area contributed by atoms with Gasteiger partial charge >= 0.3 is 5.97 Å². The molecule has 6 nitrogen and oxygen atoms in total. The maximum absolute atomic E-state index is 12.5. The van der Waals surface area contributed by atoms with E-state index in [9.17, 15) is 4.79 Å². The third kappa shape index (κ3) is 2.99. The van der Waals surface area contributed by atoms with Crippen LogP contribution in [-0.2, 0) is 10.5 Å². The zero-order chi connectivity index (χ0) is 18.1. The van der Waals surface area contributed by atoms with Crippen molar-refractivity contribution in [2.24, 2.45) is 0 Å². The SMILES string of the molecule is CCOC(=O)c1nn(C2CCCNC2)c2c1CSc1ccc(OC)cc1-2. The summed E-state index contributed by atoms with van der Waals surface area (Å²) in [4.78, 5) is 13.7. The van der Waals surface area contributed by atoms with E-state index in [0.29, 0.717) is 12.3 Å². The molecule has 0 radical (unpaired) electrons. The topological polar surface area (TPSA) is 65.4 Å². The summed E-state index contributed by atoms with van der Waals surface area (Å²) in [5, 5.41) is 8.18. The van der Waals surface area contributed by atoms with E-state index in [4.69, 9.17) is 14.6 Å². The lowest BCUT2D eigenvalue weighted by atomic mass is 10.0. The van der Waals surface area contributed by atoms with Gasteiger partial charge in [-0.1, -0.05) is 0 Å². The van der Waals surface area contributed by atoms with Crippen molar-refractivity contribution in [1.82, 2.24) is 15.1 Å². The Morgan fingerprint density at radius 1 is 1.46 bits per heavy atom. The Kier molecular flexibility index (Phi) is 4.91. The van der Waals surface area contributed by atoms with E-state index < -0.39 is 0 Å². The minimum absolute atomic E-state index is 0.239. The highest BCUT2D eigenvalue weighted by molar-refractivity contribution is 7.98. The van der Waals surface area contributed by atoms with Crippen molar-refractivity contribution < 1.29 is 14.3 Å². The Bertz CT molecular complexity index is 828. The van der Waals surface area contributed by atoms with Gasteiger partial charge in [-0.2, -0.15) is 5.10 Å². The largest absolute Gasteiger partial charge is 0.497 e. The summed E-state index contributed by atoms with van der Waals surface area (Å²) < 4.78 is 12.7. The molecule has 7 heteroatoms. The summed E-state index contributed by atoms with van der Waals surface area (Å²) in [7, 11) is 1.67. The van der Waals surface area contributed by atoms with Crippen molar-refractivity contribution >= 4 is 17.7 Å². The third-order valence-corrected chi connectivity index (χ3v) is 6.01. The Morgan fingerprint density at radius 3 is 3.08 bits per heavy atom. The molecule has 1 atom stereocenters. The average Bonchev–Trinajstić information content (AvgIpc) is 3.08. The van der Waals surface area contributed by atoms with Gasteiger partial charge in [-0.3, -0.25) is 4.68 Å². The number of ether oxygens (including phenoxy) is 2. The molecule has 0 aliphatic carbocycles. The molecule has 1 saturated heterocycles. The first-order valence-electron chi connectivity index (χ1n) is 9.03. The van der Waals surface area contributed by atoms with Crippen LogP contribution >= 0.6 is 11.8 Å². The highest BCUT2D eigenvalue weighted by atomic mass is 32.2. The maximum atomic E-state index is 12.5. The van der Waals surface area contributed by atoms with E-state index in [0.717, 1.165) is 54.3 Å². The zero-order valence-corrected chi connectivity index (χ0v) is 15.9. The van der Waals surface area contributed by atoms with Crippen LogP contribution in [0, 0.1) is 0 Å². The van der Waals surface area contributed by atoms with Gasteiger partial charge in [0.2, 0.25) is 0 Å². The predicted molar refractivity (Wildman–Crippen MR) is 101 cm³/mol. The van der Waals surface area contributed by atoms with Crippen LogP contribution in [0.15, 0.2) is 23.1 Å². The van der Waals surface area contributed by atoms with Gasteiger partial charge in [-0.05, 0) is 44.5 Å². The van der Waals surface area contributed by atoms with E-state index in [1.54, 1.807) is 18.9 Å². The van der Waals surface area contributed by atoms with Gasteiger partial charge in [0.05, 0.1) is 25.5 Å². The second-order valence-corrected chi connectivity index (χ2v) is 7.51. The molecule has 138 valence electrons. The lowest BCUT2D eigenvalue weighted by molar-refractivity contribution is 0.0517. The maximum Gasteiger partial charge on any atom is 0.359 e. The van der Waals surface area contributed by atoms with Crippen molar-refractivity contribution in [2.45, 2.75) is 36.5 Å². The molecule has 3 heterocycles. The summed E-state index contributed by atoms with van der Waals surface area (Å²) >= 11 is 1.73. The number of esters is 1. The van der Waals surface area contributed by atoms with Gasteiger partial charge in [0.1, 0.15) is 5.75 Å². The van der Waals surface area contributed by atoms with Crippen molar-refractivity contribution in [3.05, 3.63) is 29.5 Å². The number of fused-ring (bicyclic) bond motifs is 3. The molecule has 1 aromatic carbocycles. The minimum atomic E-state index is -0.335. The zero-order valence-electron chi connectivity index (χ0n) is 15.1. The number of thioether (sulfide) groups is 1. The molecule has 4 rings (SSSR count). The van der Waals surface area contributed by atoms with Crippen LogP contribution in [0.3, 0.4) is 0 Å². The predicted octanol–water partition coefficient (Wildman–Crippen LogP) is 3.27. The summed E-state index contributed by atoms with van der Waals surface area (Å²) in [6.07, 6.45) is 2.16. The van der Waals surface area contributed by atoms with Gasteiger partial charge < -0.3 is 14.8 Å². The number of hydrogen-bond donors (Lipinski definition) is 1. The molecule has 0 spiro atoms. The minimum Gasteiger partial charge on any atom is -0.497 e. The van der Waals surface area contributed by atoms with Crippen LogP contribution in [-0.4, -0.2) is 42.6 Å². The second-order valence-electron chi connectivity index (χ2n) is 6.49. The fourth-order valence-corrected chi connectivity index (χ4v) is 4.71. The molecule has 0 saturated carbocycles. The molecule has 1 aromatic heterocycles. The van der Waals surface area contributed by atoms with E-state index in [2.05, 4.69) is 11.4 Å². The van der Waals surface area contributed by atoms with Gasteiger partial charge in [-0.25, -0.2) is 4.79 Å². The monoisotopic (exact) mass is 373 g/mol. The van der Waals surface area contributed by atoms with Crippen LogP contribution in [0.2, 0.25) is 0 Å². The van der Waals surface area contributed by atoms with Gasteiger partial charge in [0.15, 0.2) is 5.69 Å². The van der Waals surface area contributed by atoms with E-state index in [-0.39, 0.29) is 12.0 Å². The fraction of sp³-hybridized carbons (Fsp3) is 0.474. The number of hydrogen-bond acceptors (Lipinski definition) is 6. The van der Waals surface area contributed by atoms with Crippen LogP contribution < -0.4 is 10.1 Å². The Hall–Kier alpha value is -1.99. The van der Waals surface area contributed by atoms with E-state index >= 15 is 0 Å². The van der Waals surface area contributed by atoms with Crippen LogP contribution in [0.5, 0.6) is 5.75 Å². The first-order valence-corrected chi connectivity index (χ1v) is 10.0. The van der Waals surface area contributed by atoms with Crippen LogP contribution in [0.25, 0.3) is 11.3 Å². The summed E-state index contributed by atoms with van der Waals surface area (Å²) in [6, 6.07) is 6.35. The third-order valence-electron chi connectivity index (χ3n) is 4.91. The Balaban J connectivity index is 1.87. The average molecular weight is 373 g/mol. The molecule has 0 bridgehead atoms. The molecule has 1 fully saturated rings. The number of carbonyl (C=O) groups is 1. The van der Waals surface area contributed by atoms with Crippen LogP contribution in [0.1, 0.15) is 41.9 Å². The van der Waals surface area contributed by atoms with Crippen molar-refractivity contribution in [3.63, 3.8) is 0 Å². The second kappa shape index (κ2) is 7.32. The van der Waals surface area contributed by atoms with Gasteiger partial charge in [0, 0.05) is 28.3 Å². The number of carbonyl (C=O) groups excluding carboxylic acids is 1. The molecule has 1 N–H and O–H groups in total. The van der Waals surface area contributed by atoms with E-state index in [1.165, 1.54) is 4.90 Å². The molecule has 2 aliphatic heterocycles. The number of rotatable bonds is 4. The first-order chi connectivity index (χ1) is 12.7. The molecule has 26 heavy (non-hydrogen) atoms. The highest BCUT2D eigenvalue weighted by Crippen LogP contribution is 2.45. The van der Waals surface area contributed by atoms with Crippen molar-refractivity contribution in [1.29, 1.82) is 0 Å². The van der Waals surface area contributed by atoms with Gasteiger partial charge in [-0.15, -0.1) is 11.8 Å². The Morgan fingerprint density at radius 2 is 2.35 bits per heavy atom. The molecule has 0 amide bonds. The lowest BCUT2D eigenvalue weighted by Crippen LogP contribution is -2.32. The van der Waals surface area contributed by atoms with Crippen LogP contribution in [0.4, 0.5) is 0 Å². The molecule has 2 aliphatic rings. The number of methoxy groups -OCH3 is 1. The number of nitrogens with one attached hydrogen (secondary N) is 1. The number of piperidine rings is 1.